The van der Waals surface area contributed by atoms with E-state index in [4.69, 9.17) is 4.74 Å². The van der Waals surface area contributed by atoms with Crippen LogP contribution in [-0.2, 0) is 21.3 Å². The molecule has 1 saturated heterocycles. The maximum atomic E-state index is 12.2. The zero-order valence-electron chi connectivity index (χ0n) is 19.3. The molecule has 0 radical (unpaired) electrons. The Bertz CT molecular complexity index is 779. The number of nitrogens with one attached hydrogen (secondary N) is 2. The van der Waals surface area contributed by atoms with Gasteiger partial charge in [-0.25, -0.2) is 17.7 Å². The van der Waals surface area contributed by atoms with E-state index in [2.05, 4.69) is 34.4 Å². The average molecular weight is 568 g/mol. The topological polar surface area (TPSA) is 86.3 Å². The summed E-state index contributed by atoms with van der Waals surface area (Å²) in [6, 6.07) is 7.30. The minimum Gasteiger partial charge on any atom is -0.379 e. The largest absolute Gasteiger partial charge is 0.379 e. The molecule has 1 unspecified atom stereocenters. The number of aliphatic imine (C=N–C) groups is 1. The molecule has 0 spiro atoms. The number of benzene rings is 1. The highest BCUT2D eigenvalue weighted by Gasteiger charge is 2.24. The van der Waals surface area contributed by atoms with Crippen molar-refractivity contribution in [2.24, 2.45) is 10.9 Å². The van der Waals surface area contributed by atoms with Gasteiger partial charge in [0.25, 0.3) is 0 Å². The highest BCUT2D eigenvalue weighted by molar-refractivity contribution is 14.0. The summed E-state index contributed by atoms with van der Waals surface area (Å²) in [4.78, 5) is 7.45. The first-order valence-corrected chi connectivity index (χ1v) is 12.0. The highest BCUT2D eigenvalue weighted by atomic mass is 127. The molecule has 0 bridgehead atoms. The molecule has 1 aliphatic rings. The molecule has 1 heterocycles. The number of hydrogen-bond acceptors (Lipinski definition) is 5. The standard InChI is InChI=1S/C21H37N5O3S.HI/c1-6-22-21(24-16-20(17(2)3)26-11-13-29-14-12-26)23-15-18-7-9-19(10-8-18)30(27,28)25(4)5;/h7-10,17,20H,6,11-16H2,1-5H3,(H2,22,23,24);1H. The van der Waals surface area contributed by atoms with Crippen LogP contribution < -0.4 is 10.6 Å². The molecule has 1 aromatic carbocycles. The zero-order valence-corrected chi connectivity index (χ0v) is 22.4. The number of nitrogens with zero attached hydrogens (tertiary/aromatic N) is 3. The first-order chi connectivity index (χ1) is 14.3. The van der Waals surface area contributed by atoms with E-state index in [-0.39, 0.29) is 28.9 Å². The Morgan fingerprint density at radius 3 is 2.29 bits per heavy atom. The van der Waals surface area contributed by atoms with Crippen molar-refractivity contribution < 1.29 is 13.2 Å². The monoisotopic (exact) mass is 567 g/mol. The third-order valence-electron chi connectivity index (χ3n) is 5.23. The number of rotatable bonds is 9. The fourth-order valence-electron chi connectivity index (χ4n) is 3.39. The first-order valence-electron chi connectivity index (χ1n) is 10.6. The van der Waals surface area contributed by atoms with Gasteiger partial charge in [0.2, 0.25) is 10.0 Å². The van der Waals surface area contributed by atoms with E-state index in [0.717, 1.165) is 50.9 Å². The van der Waals surface area contributed by atoms with Crippen LogP contribution >= 0.6 is 24.0 Å². The molecule has 10 heteroatoms. The van der Waals surface area contributed by atoms with E-state index in [1.165, 1.54) is 18.4 Å². The van der Waals surface area contributed by atoms with Crippen LogP contribution in [0.25, 0.3) is 0 Å². The number of morpholine rings is 1. The Hall–Kier alpha value is -0.950. The molecule has 0 aliphatic carbocycles. The Morgan fingerprint density at radius 2 is 1.77 bits per heavy atom. The van der Waals surface area contributed by atoms with E-state index in [0.29, 0.717) is 18.5 Å². The molecular weight excluding hydrogens is 529 g/mol. The first kappa shape index (κ1) is 28.1. The summed E-state index contributed by atoms with van der Waals surface area (Å²) in [6.45, 7) is 12.1. The molecular formula is C21H38IN5O3S. The molecule has 1 aliphatic heterocycles. The van der Waals surface area contributed by atoms with Crippen molar-refractivity contribution in [3.05, 3.63) is 29.8 Å². The van der Waals surface area contributed by atoms with E-state index < -0.39 is 10.0 Å². The Labute approximate surface area is 204 Å². The lowest BCUT2D eigenvalue weighted by Crippen LogP contribution is -2.52. The Balaban J connectivity index is 0.00000480. The smallest absolute Gasteiger partial charge is 0.242 e. The van der Waals surface area contributed by atoms with Crippen LogP contribution in [0.4, 0.5) is 0 Å². The predicted molar refractivity (Wildman–Crippen MR) is 137 cm³/mol. The highest BCUT2D eigenvalue weighted by Crippen LogP contribution is 2.15. The van der Waals surface area contributed by atoms with Crippen LogP contribution in [0.3, 0.4) is 0 Å². The van der Waals surface area contributed by atoms with Gasteiger partial charge in [0.1, 0.15) is 0 Å². The summed E-state index contributed by atoms with van der Waals surface area (Å²) in [7, 11) is -0.349. The predicted octanol–water partition coefficient (Wildman–Crippen LogP) is 1.97. The molecule has 0 amide bonds. The fraction of sp³-hybridized carbons (Fsp3) is 0.667. The summed E-state index contributed by atoms with van der Waals surface area (Å²) in [6.07, 6.45) is 0. The van der Waals surface area contributed by atoms with Gasteiger partial charge in [-0.2, -0.15) is 0 Å². The fourth-order valence-corrected chi connectivity index (χ4v) is 4.29. The second-order valence-corrected chi connectivity index (χ2v) is 10.1. The van der Waals surface area contributed by atoms with Crippen molar-refractivity contribution in [2.75, 3.05) is 53.5 Å². The van der Waals surface area contributed by atoms with Gasteiger partial charge in [0.05, 0.1) is 24.7 Å². The van der Waals surface area contributed by atoms with Gasteiger partial charge < -0.3 is 15.4 Å². The zero-order chi connectivity index (χ0) is 22.1. The SMILES string of the molecule is CCNC(=NCc1ccc(S(=O)(=O)N(C)C)cc1)NCC(C(C)C)N1CCOCC1.I. The van der Waals surface area contributed by atoms with Gasteiger partial charge >= 0.3 is 0 Å². The van der Waals surface area contributed by atoms with Crippen LogP contribution in [0.15, 0.2) is 34.2 Å². The molecule has 1 fully saturated rings. The molecule has 2 rings (SSSR count). The molecule has 178 valence electrons. The maximum Gasteiger partial charge on any atom is 0.242 e. The summed E-state index contributed by atoms with van der Waals surface area (Å²) in [5.74, 6) is 1.28. The van der Waals surface area contributed by atoms with Crippen LogP contribution in [0, 0.1) is 5.92 Å². The third-order valence-corrected chi connectivity index (χ3v) is 7.06. The van der Waals surface area contributed by atoms with Crippen molar-refractivity contribution >= 4 is 40.0 Å². The average Bonchev–Trinajstić information content (AvgIpc) is 2.72. The minimum atomic E-state index is -3.41. The second kappa shape index (κ2) is 13.6. The third kappa shape index (κ3) is 8.49. The molecule has 0 saturated carbocycles. The maximum absolute atomic E-state index is 12.2. The Kier molecular flexibility index (Phi) is 12.3. The van der Waals surface area contributed by atoms with Crippen LogP contribution in [0.1, 0.15) is 26.3 Å². The lowest BCUT2D eigenvalue weighted by molar-refractivity contribution is 0.00752. The van der Waals surface area contributed by atoms with E-state index in [1.54, 1.807) is 12.1 Å². The van der Waals surface area contributed by atoms with E-state index >= 15 is 0 Å². The van der Waals surface area contributed by atoms with E-state index in [1.807, 2.05) is 19.1 Å². The molecule has 31 heavy (non-hydrogen) atoms. The number of guanidine groups is 1. The molecule has 2 N–H and O–H groups in total. The second-order valence-electron chi connectivity index (χ2n) is 7.97. The van der Waals surface area contributed by atoms with Crippen LogP contribution in [0.5, 0.6) is 0 Å². The van der Waals surface area contributed by atoms with Crippen LogP contribution in [-0.4, -0.2) is 83.1 Å². The lowest BCUT2D eigenvalue weighted by Gasteiger charge is -2.37. The van der Waals surface area contributed by atoms with Gasteiger partial charge in [-0.3, -0.25) is 4.90 Å². The van der Waals surface area contributed by atoms with Crippen molar-refractivity contribution in [1.82, 2.24) is 19.8 Å². The lowest BCUT2D eigenvalue weighted by atomic mass is 10.0. The number of ether oxygens (including phenoxy) is 1. The normalized spacial score (nSPS) is 16.8. The number of halogens is 1. The summed E-state index contributed by atoms with van der Waals surface area (Å²) in [5.41, 5.74) is 0.957. The van der Waals surface area contributed by atoms with E-state index in [9.17, 15) is 8.42 Å². The number of sulfonamides is 1. The van der Waals surface area contributed by atoms with Gasteiger partial charge in [-0.05, 0) is 30.5 Å². The molecule has 0 aromatic heterocycles. The van der Waals surface area contributed by atoms with Gasteiger partial charge in [0, 0.05) is 46.3 Å². The van der Waals surface area contributed by atoms with Gasteiger partial charge in [0.15, 0.2) is 5.96 Å². The van der Waals surface area contributed by atoms with Crippen LogP contribution in [0.2, 0.25) is 0 Å². The summed E-state index contributed by atoms with van der Waals surface area (Å²) >= 11 is 0. The summed E-state index contributed by atoms with van der Waals surface area (Å²) in [5, 5.41) is 6.77. The van der Waals surface area contributed by atoms with Crippen molar-refractivity contribution in [3.8, 4) is 0 Å². The van der Waals surface area contributed by atoms with Crippen molar-refractivity contribution in [1.29, 1.82) is 0 Å². The molecule has 1 atom stereocenters. The molecule has 1 aromatic rings. The van der Waals surface area contributed by atoms with Gasteiger partial charge in [-0.1, -0.05) is 26.0 Å². The molecule has 8 nitrogen and oxygen atoms in total. The Morgan fingerprint density at radius 1 is 1.16 bits per heavy atom. The van der Waals surface area contributed by atoms with Gasteiger partial charge in [-0.15, -0.1) is 24.0 Å². The quantitative estimate of drug-likeness (QED) is 0.270. The van der Waals surface area contributed by atoms with Crippen molar-refractivity contribution in [2.45, 2.75) is 38.3 Å². The summed E-state index contributed by atoms with van der Waals surface area (Å²) < 4.78 is 31.1. The van der Waals surface area contributed by atoms with Crippen molar-refractivity contribution in [3.63, 3.8) is 0 Å². The minimum absolute atomic E-state index is 0. The number of hydrogen-bond donors (Lipinski definition) is 2.